The quantitative estimate of drug-likeness (QED) is 0.921. The van der Waals surface area contributed by atoms with Gasteiger partial charge in [-0.3, -0.25) is 0 Å². The van der Waals surface area contributed by atoms with Crippen LogP contribution in [-0.2, 0) is 0 Å². The number of pyridine rings is 1. The van der Waals surface area contributed by atoms with E-state index in [0.717, 1.165) is 0 Å². The van der Waals surface area contributed by atoms with Crippen molar-refractivity contribution < 1.29 is 14.3 Å². The smallest absolute Gasteiger partial charge is 0.339 e. The van der Waals surface area contributed by atoms with Gasteiger partial charge in [-0.25, -0.2) is 14.2 Å². The fraction of sp³-hybridized carbons (Fsp3) is 0.143. The Kier molecular flexibility index (Phi) is 3.46. The number of aromatic carboxylic acids is 1. The van der Waals surface area contributed by atoms with E-state index in [1.807, 2.05) is 0 Å². The Hall–Kier alpha value is -2.43. The first-order valence-electron chi connectivity index (χ1n) is 5.70. The molecule has 0 aliphatic carbocycles. The monoisotopic (exact) mass is 260 g/mol. The molecule has 1 heterocycles. The van der Waals surface area contributed by atoms with Crippen LogP contribution in [-0.4, -0.2) is 23.1 Å². The number of carboxylic acid groups (broad SMARTS) is 1. The predicted molar refractivity (Wildman–Crippen MR) is 70.4 cm³/mol. The molecular weight excluding hydrogens is 247 g/mol. The van der Waals surface area contributed by atoms with E-state index in [2.05, 4.69) is 4.98 Å². The zero-order valence-electron chi connectivity index (χ0n) is 10.6. The van der Waals surface area contributed by atoms with E-state index in [1.165, 1.54) is 17.0 Å². The third kappa shape index (κ3) is 2.54. The summed E-state index contributed by atoms with van der Waals surface area (Å²) in [4.78, 5) is 16.8. The van der Waals surface area contributed by atoms with Gasteiger partial charge in [0, 0.05) is 12.7 Å². The Morgan fingerprint density at radius 3 is 2.58 bits per heavy atom. The van der Waals surface area contributed by atoms with Crippen LogP contribution >= 0.6 is 0 Å². The summed E-state index contributed by atoms with van der Waals surface area (Å²) in [6.07, 6.45) is 0. The number of aryl methyl sites for hydroxylation is 1. The molecule has 0 atom stereocenters. The van der Waals surface area contributed by atoms with Crippen molar-refractivity contribution in [2.45, 2.75) is 6.92 Å². The van der Waals surface area contributed by atoms with Crippen molar-refractivity contribution in [1.82, 2.24) is 4.98 Å². The first-order chi connectivity index (χ1) is 9.00. The van der Waals surface area contributed by atoms with Crippen LogP contribution in [0.5, 0.6) is 0 Å². The van der Waals surface area contributed by atoms with Crippen molar-refractivity contribution in [2.24, 2.45) is 0 Å². The highest BCUT2D eigenvalue weighted by molar-refractivity contribution is 5.94. The Bertz CT molecular complexity index is 629. The van der Waals surface area contributed by atoms with Crippen molar-refractivity contribution >= 4 is 17.5 Å². The first kappa shape index (κ1) is 13.0. The van der Waals surface area contributed by atoms with Crippen molar-refractivity contribution in [3.63, 3.8) is 0 Å². The number of para-hydroxylation sites is 1. The lowest BCUT2D eigenvalue weighted by atomic mass is 10.2. The van der Waals surface area contributed by atoms with Gasteiger partial charge in [0.1, 0.15) is 17.2 Å². The number of carbonyl (C=O) groups is 1. The third-order valence-electron chi connectivity index (χ3n) is 2.78. The van der Waals surface area contributed by atoms with Crippen LogP contribution < -0.4 is 4.90 Å². The van der Waals surface area contributed by atoms with E-state index in [1.54, 1.807) is 38.2 Å². The molecule has 0 saturated heterocycles. The zero-order chi connectivity index (χ0) is 14.0. The number of aromatic nitrogens is 1. The molecule has 19 heavy (non-hydrogen) atoms. The molecule has 2 rings (SSSR count). The van der Waals surface area contributed by atoms with Crippen LogP contribution in [0.2, 0.25) is 0 Å². The second kappa shape index (κ2) is 5.06. The molecule has 0 fully saturated rings. The number of hydrogen-bond donors (Lipinski definition) is 1. The molecular formula is C14H13FN2O2. The van der Waals surface area contributed by atoms with Gasteiger partial charge in [0.05, 0.1) is 5.69 Å². The second-order valence-corrected chi connectivity index (χ2v) is 4.14. The van der Waals surface area contributed by atoms with Gasteiger partial charge in [0.15, 0.2) is 0 Å². The molecule has 5 heteroatoms. The molecule has 0 saturated carbocycles. The maximum absolute atomic E-state index is 13.7. The molecule has 98 valence electrons. The van der Waals surface area contributed by atoms with E-state index >= 15 is 0 Å². The van der Waals surface area contributed by atoms with Crippen molar-refractivity contribution in [1.29, 1.82) is 0 Å². The normalized spacial score (nSPS) is 10.3. The van der Waals surface area contributed by atoms with Crippen LogP contribution in [0.4, 0.5) is 15.9 Å². The number of nitrogens with zero attached hydrogens (tertiary/aromatic N) is 2. The van der Waals surface area contributed by atoms with Gasteiger partial charge < -0.3 is 10.0 Å². The lowest BCUT2D eigenvalue weighted by Gasteiger charge is -2.21. The van der Waals surface area contributed by atoms with Crippen LogP contribution in [0, 0.1) is 12.7 Å². The number of hydrogen-bond acceptors (Lipinski definition) is 3. The first-order valence-corrected chi connectivity index (χ1v) is 5.70. The number of halogens is 1. The van der Waals surface area contributed by atoms with Gasteiger partial charge in [-0.05, 0) is 31.2 Å². The SMILES string of the molecule is Cc1ccc(C(=O)O)c(N(C)c2ccccc2F)n1. The third-order valence-corrected chi connectivity index (χ3v) is 2.78. The summed E-state index contributed by atoms with van der Waals surface area (Å²) in [6, 6.07) is 9.24. The van der Waals surface area contributed by atoms with Gasteiger partial charge in [-0.2, -0.15) is 0 Å². The topological polar surface area (TPSA) is 53.4 Å². The van der Waals surface area contributed by atoms with Crippen LogP contribution in [0.25, 0.3) is 0 Å². The van der Waals surface area contributed by atoms with Gasteiger partial charge in [-0.1, -0.05) is 12.1 Å². The minimum atomic E-state index is -1.09. The lowest BCUT2D eigenvalue weighted by molar-refractivity contribution is 0.0697. The fourth-order valence-electron chi connectivity index (χ4n) is 1.80. The zero-order valence-corrected chi connectivity index (χ0v) is 10.6. The molecule has 1 N–H and O–H groups in total. The summed E-state index contributed by atoms with van der Waals surface area (Å²) in [5.41, 5.74) is 0.989. The summed E-state index contributed by atoms with van der Waals surface area (Å²) in [6.45, 7) is 1.75. The highest BCUT2D eigenvalue weighted by Crippen LogP contribution is 2.27. The summed E-state index contributed by atoms with van der Waals surface area (Å²) in [7, 11) is 1.59. The van der Waals surface area contributed by atoms with Crippen molar-refractivity contribution in [3.05, 3.63) is 53.5 Å². The van der Waals surface area contributed by atoms with Crippen LogP contribution in [0.1, 0.15) is 16.1 Å². The average Bonchev–Trinajstić information content (AvgIpc) is 2.38. The largest absolute Gasteiger partial charge is 0.478 e. The minimum absolute atomic E-state index is 0.0383. The number of carboxylic acids is 1. The molecule has 4 nitrogen and oxygen atoms in total. The molecule has 0 unspecified atom stereocenters. The standard InChI is InChI=1S/C14H13FN2O2/c1-9-7-8-10(14(18)19)13(16-9)17(2)12-6-4-3-5-11(12)15/h3-8H,1-2H3,(H,18,19). The average molecular weight is 260 g/mol. The maximum atomic E-state index is 13.7. The van der Waals surface area contributed by atoms with Crippen molar-refractivity contribution in [2.75, 3.05) is 11.9 Å². The molecule has 1 aromatic carbocycles. The summed E-state index contributed by atoms with van der Waals surface area (Å²) in [5, 5.41) is 9.16. The van der Waals surface area contributed by atoms with E-state index in [9.17, 15) is 9.18 Å². The van der Waals surface area contributed by atoms with E-state index in [0.29, 0.717) is 5.69 Å². The molecule has 1 aromatic heterocycles. The Morgan fingerprint density at radius 2 is 1.95 bits per heavy atom. The van der Waals surface area contributed by atoms with Gasteiger partial charge in [-0.15, -0.1) is 0 Å². The maximum Gasteiger partial charge on any atom is 0.339 e. The Balaban J connectivity index is 2.55. The minimum Gasteiger partial charge on any atom is -0.478 e. The summed E-state index contributed by atoms with van der Waals surface area (Å²) >= 11 is 0. The van der Waals surface area contributed by atoms with Crippen LogP contribution in [0.15, 0.2) is 36.4 Å². The van der Waals surface area contributed by atoms with Crippen LogP contribution in [0.3, 0.4) is 0 Å². The fourth-order valence-corrected chi connectivity index (χ4v) is 1.80. The lowest BCUT2D eigenvalue weighted by Crippen LogP contribution is -2.17. The number of rotatable bonds is 3. The van der Waals surface area contributed by atoms with E-state index in [-0.39, 0.29) is 17.1 Å². The highest BCUT2D eigenvalue weighted by atomic mass is 19.1. The molecule has 0 spiro atoms. The Morgan fingerprint density at radius 1 is 1.26 bits per heavy atom. The van der Waals surface area contributed by atoms with Crippen molar-refractivity contribution in [3.8, 4) is 0 Å². The van der Waals surface area contributed by atoms with E-state index in [4.69, 9.17) is 5.11 Å². The molecule has 0 aliphatic heterocycles. The Labute approximate surface area is 110 Å². The molecule has 2 aromatic rings. The van der Waals surface area contributed by atoms with Gasteiger partial charge in [0.25, 0.3) is 0 Å². The predicted octanol–water partition coefficient (Wildman–Crippen LogP) is 3.00. The molecule has 0 bridgehead atoms. The highest BCUT2D eigenvalue weighted by Gasteiger charge is 2.18. The second-order valence-electron chi connectivity index (χ2n) is 4.14. The van der Waals surface area contributed by atoms with E-state index < -0.39 is 11.8 Å². The molecule has 0 amide bonds. The van der Waals surface area contributed by atoms with Gasteiger partial charge >= 0.3 is 5.97 Å². The number of anilines is 2. The molecule has 0 aliphatic rings. The number of benzene rings is 1. The summed E-state index contributed by atoms with van der Waals surface area (Å²) < 4.78 is 13.7. The van der Waals surface area contributed by atoms with Gasteiger partial charge in [0.2, 0.25) is 0 Å². The molecule has 0 radical (unpaired) electrons. The summed E-state index contributed by atoms with van der Waals surface area (Å²) in [5.74, 6) is -1.30.